The standard InChI is InChI=1S/C19H12BrFN4OS/c1-2-14-17(13-7-11(20)9-23-18(13)26-14)25-19-24-16(15(8-22)27-19)10-3-5-12(21)6-4-10/h3-7,9H,2H2,1H3,(H,24,25). The molecule has 5 nitrogen and oxygen atoms in total. The van der Waals surface area contributed by atoms with E-state index in [-0.39, 0.29) is 5.82 Å². The Morgan fingerprint density at radius 1 is 1.33 bits per heavy atom. The summed E-state index contributed by atoms with van der Waals surface area (Å²) >= 11 is 4.67. The normalized spacial score (nSPS) is 10.9. The molecule has 0 aliphatic carbocycles. The highest BCUT2D eigenvalue weighted by Crippen LogP contribution is 2.37. The lowest BCUT2D eigenvalue weighted by atomic mass is 10.1. The summed E-state index contributed by atoms with van der Waals surface area (Å²) in [5.41, 5.74) is 2.53. The molecule has 1 aromatic carbocycles. The summed E-state index contributed by atoms with van der Waals surface area (Å²) in [6.07, 6.45) is 2.36. The minimum atomic E-state index is -0.332. The average molecular weight is 443 g/mol. The van der Waals surface area contributed by atoms with Crippen LogP contribution in [-0.2, 0) is 6.42 Å². The molecule has 0 saturated heterocycles. The first kappa shape index (κ1) is 17.6. The van der Waals surface area contributed by atoms with E-state index in [0.29, 0.717) is 33.4 Å². The van der Waals surface area contributed by atoms with E-state index in [1.54, 1.807) is 18.3 Å². The molecular formula is C19H12BrFN4OS. The van der Waals surface area contributed by atoms with Gasteiger partial charge >= 0.3 is 0 Å². The Hall–Kier alpha value is -2.76. The topological polar surface area (TPSA) is 74.7 Å². The van der Waals surface area contributed by atoms with E-state index in [1.807, 2.05) is 13.0 Å². The number of hydrogen-bond acceptors (Lipinski definition) is 6. The molecular weight excluding hydrogens is 431 g/mol. The van der Waals surface area contributed by atoms with Crippen LogP contribution in [0.25, 0.3) is 22.4 Å². The van der Waals surface area contributed by atoms with Crippen LogP contribution >= 0.6 is 27.3 Å². The number of nitrogens with one attached hydrogen (secondary N) is 1. The number of furan rings is 1. The van der Waals surface area contributed by atoms with Gasteiger partial charge in [0.25, 0.3) is 0 Å². The van der Waals surface area contributed by atoms with Crippen LogP contribution in [0.3, 0.4) is 0 Å². The number of nitrogens with zero attached hydrogens (tertiary/aromatic N) is 3. The SMILES string of the molecule is CCc1oc2ncc(Br)cc2c1Nc1nc(-c2ccc(F)cc2)c(C#N)s1. The molecule has 0 bridgehead atoms. The zero-order chi connectivity index (χ0) is 19.0. The zero-order valence-corrected chi connectivity index (χ0v) is 16.5. The van der Waals surface area contributed by atoms with Gasteiger partial charge in [-0.1, -0.05) is 18.3 Å². The second-order valence-corrected chi connectivity index (χ2v) is 7.62. The molecule has 0 amide bonds. The molecule has 3 aromatic heterocycles. The molecule has 4 rings (SSSR count). The number of anilines is 2. The molecule has 0 unspecified atom stereocenters. The highest BCUT2D eigenvalue weighted by Gasteiger charge is 2.18. The third-order valence-electron chi connectivity index (χ3n) is 3.99. The van der Waals surface area contributed by atoms with E-state index >= 15 is 0 Å². The molecule has 0 fully saturated rings. The fourth-order valence-corrected chi connectivity index (χ4v) is 3.87. The summed E-state index contributed by atoms with van der Waals surface area (Å²) in [6.45, 7) is 1.99. The van der Waals surface area contributed by atoms with Crippen molar-refractivity contribution in [2.75, 3.05) is 5.32 Å². The molecule has 0 radical (unpaired) electrons. The Morgan fingerprint density at radius 3 is 2.81 bits per heavy atom. The van der Waals surface area contributed by atoms with Gasteiger partial charge in [0.2, 0.25) is 5.71 Å². The molecule has 1 N–H and O–H groups in total. The summed E-state index contributed by atoms with van der Waals surface area (Å²) in [7, 11) is 0. The van der Waals surface area contributed by atoms with Gasteiger partial charge in [0, 0.05) is 22.7 Å². The number of benzene rings is 1. The number of hydrogen-bond donors (Lipinski definition) is 1. The molecule has 0 aliphatic rings. The van der Waals surface area contributed by atoms with E-state index in [2.05, 4.69) is 37.3 Å². The second-order valence-electron chi connectivity index (χ2n) is 5.70. The van der Waals surface area contributed by atoms with Crippen molar-refractivity contribution in [2.24, 2.45) is 0 Å². The van der Waals surface area contributed by atoms with Gasteiger partial charge in [0.05, 0.1) is 11.1 Å². The fraction of sp³-hybridized carbons (Fsp3) is 0.105. The van der Waals surface area contributed by atoms with Crippen molar-refractivity contribution in [3.63, 3.8) is 0 Å². The molecule has 27 heavy (non-hydrogen) atoms. The van der Waals surface area contributed by atoms with E-state index in [9.17, 15) is 9.65 Å². The molecule has 134 valence electrons. The lowest BCUT2D eigenvalue weighted by Gasteiger charge is -2.02. The van der Waals surface area contributed by atoms with E-state index in [1.165, 1.54) is 23.5 Å². The smallest absolute Gasteiger partial charge is 0.228 e. The number of fused-ring (bicyclic) bond motifs is 1. The number of halogens is 2. The Labute approximate surface area is 166 Å². The summed E-state index contributed by atoms with van der Waals surface area (Å²) in [5.74, 6) is 0.425. The van der Waals surface area contributed by atoms with Crippen molar-refractivity contribution in [3.8, 4) is 17.3 Å². The molecule has 0 spiro atoms. The Bertz CT molecular complexity index is 1180. The Morgan fingerprint density at radius 2 is 2.11 bits per heavy atom. The first-order valence-electron chi connectivity index (χ1n) is 8.10. The van der Waals surface area contributed by atoms with Crippen LogP contribution in [-0.4, -0.2) is 9.97 Å². The van der Waals surface area contributed by atoms with E-state index in [0.717, 1.165) is 21.3 Å². The van der Waals surface area contributed by atoms with Crippen LogP contribution in [0.1, 0.15) is 17.6 Å². The molecule has 0 atom stereocenters. The first-order chi connectivity index (χ1) is 13.1. The van der Waals surface area contributed by atoms with Gasteiger partial charge in [-0.3, -0.25) is 0 Å². The van der Waals surface area contributed by atoms with Gasteiger partial charge in [-0.25, -0.2) is 14.4 Å². The first-order valence-corrected chi connectivity index (χ1v) is 9.70. The maximum absolute atomic E-state index is 13.2. The minimum Gasteiger partial charge on any atom is -0.441 e. The molecule has 0 aliphatic heterocycles. The summed E-state index contributed by atoms with van der Waals surface area (Å²) < 4.78 is 19.8. The van der Waals surface area contributed by atoms with Gasteiger partial charge in [-0.15, -0.1) is 0 Å². The lowest BCUT2D eigenvalue weighted by Crippen LogP contribution is -1.92. The quantitative estimate of drug-likeness (QED) is 0.417. The predicted octanol–water partition coefficient (Wildman–Crippen LogP) is 6.03. The van der Waals surface area contributed by atoms with Crippen LogP contribution in [0.4, 0.5) is 15.2 Å². The van der Waals surface area contributed by atoms with Gasteiger partial charge in [-0.2, -0.15) is 5.26 Å². The Balaban J connectivity index is 1.78. The van der Waals surface area contributed by atoms with Crippen molar-refractivity contribution in [1.82, 2.24) is 9.97 Å². The Kier molecular flexibility index (Phi) is 4.64. The maximum Gasteiger partial charge on any atom is 0.228 e. The van der Waals surface area contributed by atoms with Gasteiger partial charge in [-0.05, 0) is 46.3 Å². The number of nitriles is 1. The van der Waals surface area contributed by atoms with Crippen molar-refractivity contribution >= 4 is 49.2 Å². The molecule has 4 aromatic rings. The van der Waals surface area contributed by atoms with E-state index < -0.39 is 0 Å². The highest BCUT2D eigenvalue weighted by atomic mass is 79.9. The molecule has 0 saturated carbocycles. The zero-order valence-electron chi connectivity index (χ0n) is 14.1. The van der Waals surface area contributed by atoms with Crippen molar-refractivity contribution in [3.05, 3.63) is 57.5 Å². The maximum atomic E-state index is 13.2. The summed E-state index contributed by atoms with van der Waals surface area (Å²) in [5, 5.41) is 14.1. The largest absolute Gasteiger partial charge is 0.441 e. The van der Waals surface area contributed by atoms with Crippen molar-refractivity contribution in [2.45, 2.75) is 13.3 Å². The van der Waals surface area contributed by atoms with Crippen LogP contribution in [0, 0.1) is 17.1 Å². The monoisotopic (exact) mass is 442 g/mol. The number of rotatable bonds is 4. The van der Waals surface area contributed by atoms with Gasteiger partial charge in [0.1, 0.15) is 28.2 Å². The van der Waals surface area contributed by atoms with Gasteiger partial charge in [0.15, 0.2) is 5.13 Å². The summed E-state index contributed by atoms with van der Waals surface area (Å²) in [6, 6.07) is 10.0. The number of pyridine rings is 1. The van der Waals surface area contributed by atoms with Crippen LogP contribution in [0.15, 0.2) is 45.4 Å². The fourth-order valence-electron chi connectivity index (χ4n) is 2.75. The summed E-state index contributed by atoms with van der Waals surface area (Å²) in [4.78, 5) is 9.29. The molecule has 3 heterocycles. The van der Waals surface area contributed by atoms with Crippen molar-refractivity contribution in [1.29, 1.82) is 5.26 Å². The average Bonchev–Trinajstić information content (AvgIpc) is 3.24. The van der Waals surface area contributed by atoms with Gasteiger partial charge < -0.3 is 9.73 Å². The predicted molar refractivity (Wildman–Crippen MR) is 107 cm³/mol. The lowest BCUT2D eigenvalue weighted by molar-refractivity contribution is 0.549. The van der Waals surface area contributed by atoms with Crippen LogP contribution in [0.2, 0.25) is 0 Å². The number of thiazole rings is 1. The molecule has 8 heteroatoms. The number of aryl methyl sites for hydroxylation is 1. The number of aromatic nitrogens is 2. The third-order valence-corrected chi connectivity index (χ3v) is 5.29. The minimum absolute atomic E-state index is 0.332. The van der Waals surface area contributed by atoms with Crippen molar-refractivity contribution < 1.29 is 8.81 Å². The van der Waals surface area contributed by atoms with Crippen LogP contribution in [0.5, 0.6) is 0 Å². The van der Waals surface area contributed by atoms with E-state index in [4.69, 9.17) is 4.42 Å². The second kappa shape index (κ2) is 7.10. The van der Waals surface area contributed by atoms with Crippen LogP contribution < -0.4 is 5.32 Å². The highest BCUT2D eigenvalue weighted by molar-refractivity contribution is 9.10. The third kappa shape index (κ3) is 3.31.